The van der Waals surface area contributed by atoms with Gasteiger partial charge in [-0.25, -0.2) is 0 Å². The van der Waals surface area contributed by atoms with E-state index in [1.165, 1.54) is 38.2 Å². The standard InChI is InChI=1S/C14H24N4/c1-17(14-4-6-15-7-5-14)10-2-3-11-18-12-8-16-9-13-18/h4-7,16H,2-3,8-13H2,1H3. The summed E-state index contributed by atoms with van der Waals surface area (Å²) in [4.78, 5) is 8.91. The summed E-state index contributed by atoms with van der Waals surface area (Å²) in [5.41, 5.74) is 1.26. The molecule has 1 fully saturated rings. The molecule has 100 valence electrons. The van der Waals surface area contributed by atoms with E-state index in [1.54, 1.807) is 0 Å². The Balaban J connectivity index is 1.60. The van der Waals surface area contributed by atoms with Crippen LogP contribution in [0.15, 0.2) is 24.5 Å². The molecular formula is C14H24N4. The summed E-state index contributed by atoms with van der Waals surface area (Å²) < 4.78 is 0. The summed E-state index contributed by atoms with van der Waals surface area (Å²) in [6, 6.07) is 4.13. The number of anilines is 1. The van der Waals surface area contributed by atoms with E-state index in [2.05, 4.69) is 39.3 Å². The van der Waals surface area contributed by atoms with Crippen LogP contribution in [0.5, 0.6) is 0 Å². The number of unbranched alkanes of at least 4 members (excludes halogenated alkanes) is 1. The third kappa shape index (κ3) is 4.27. The van der Waals surface area contributed by atoms with E-state index < -0.39 is 0 Å². The Bertz CT molecular complexity index is 322. The number of pyridine rings is 1. The molecule has 1 aliphatic rings. The molecule has 0 aromatic carbocycles. The summed E-state index contributed by atoms with van der Waals surface area (Å²) in [5, 5.41) is 3.39. The van der Waals surface area contributed by atoms with Crippen molar-refractivity contribution in [3.8, 4) is 0 Å². The van der Waals surface area contributed by atoms with Crippen molar-refractivity contribution in [3.63, 3.8) is 0 Å². The fourth-order valence-corrected chi connectivity index (χ4v) is 2.35. The van der Waals surface area contributed by atoms with Gasteiger partial charge in [-0.3, -0.25) is 4.98 Å². The summed E-state index contributed by atoms with van der Waals surface area (Å²) in [6.07, 6.45) is 6.25. The smallest absolute Gasteiger partial charge is 0.0394 e. The van der Waals surface area contributed by atoms with Crippen molar-refractivity contribution in [1.29, 1.82) is 0 Å². The van der Waals surface area contributed by atoms with E-state index in [0.717, 1.165) is 19.6 Å². The highest BCUT2D eigenvalue weighted by atomic mass is 15.2. The third-order valence-corrected chi connectivity index (χ3v) is 3.53. The van der Waals surface area contributed by atoms with Crippen molar-refractivity contribution < 1.29 is 0 Å². The van der Waals surface area contributed by atoms with Crippen molar-refractivity contribution in [2.24, 2.45) is 0 Å². The second-order valence-corrected chi connectivity index (χ2v) is 4.93. The second kappa shape index (κ2) is 7.34. The predicted octanol–water partition coefficient (Wildman–Crippen LogP) is 1.20. The van der Waals surface area contributed by atoms with Crippen LogP contribution in [0, 0.1) is 0 Å². The van der Waals surface area contributed by atoms with Crippen LogP contribution in [0.3, 0.4) is 0 Å². The molecule has 1 saturated heterocycles. The minimum atomic E-state index is 1.12. The van der Waals surface area contributed by atoms with Crippen molar-refractivity contribution in [1.82, 2.24) is 15.2 Å². The van der Waals surface area contributed by atoms with E-state index >= 15 is 0 Å². The molecule has 2 heterocycles. The molecule has 18 heavy (non-hydrogen) atoms. The monoisotopic (exact) mass is 248 g/mol. The topological polar surface area (TPSA) is 31.4 Å². The number of piperazine rings is 1. The maximum absolute atomic E-state index is 4.05. The maximum atomic E-state index is 4.05. The minimum absolute atomic E-state index is 1.12. The fraction of sp³-hybridized carbons (Fsp3) is 0.643. The van der Waals surface area contributed by atoms with Gasteiger partial charge in [0, 0.05) is 57.9 Å². The summed E-state index contributed by atoms with van der Waals surface area (Å²) in [6.45, 7) is 7.08. The molecule has 4 nitrogen and oxygen atoms in total. The van der Waals surface area contributed by atoms with Gasteiger partial charge in [-0.2, -0.15) is 0 Å². The van der Waals surface area contributed by atoms with Gasteiger partial charge < -0.3 is 15.1 Å². The van der Waals surface area contributed by atoms with Gasteiger partial charge in [0.25, 0.3) is 0 Å². The number of aromatic nitrogens is 1. The lowest BCUT2D eigenvalue weighted by atomic mass is 10.2. The van der Waals surface area contributed by atoms with Crippen LogP contribution in [0.25, 0.3) is 0 Å². The number of nitrogens with zero attached hydrogens (tertiary/aromatic N) is 3. The zero-order valence-corrected chi connectivity index (χ0v) is 11.3. The normalized spacial score (nSPS) is 16.7. The molecule has 1 N–H and O–H groups in total. The van der Waals surface area contributed by atoms with Gasteiger partial charge in [0.2, 0.25) is 0 Å². The average Bonchev–Trinajstić information content (AvgIpc) is 2.45. The zero-order valence-electron chi connectivity index (χ0n) is 11.3. The number of nitrogens with one attached hydrogen (secondary N) is 1. The Kier molecular flexibility index (Phi) is 5.42. The molecule has 0 atom stereocenters. The first-order valence-electron chi connectivity index (χ1n) is 6.90. The molecule has 1 aliphatic heterocycles. The van der Waals surface area contributed by atoms with Gasteiger partial charge in [-0.15, -0.1) is 0 Å². The highest BCUT2D eigenvalue weighted by Gasteiger charge is 2.08. The Morgan fingerprint density at radius 2 is 1.94 bits per heavy atom. The third-order valence-electron chi connectivity index (χ3n) is 3.53. The van der Waals surface area contributed by atoms with Crippen LogP contribution in [0.1, 0.15) is 12.8 Å². The van der Waals surface area contributed by atoms with Crippen LogP contribution < -0.4 is 10.2 Å². The van der Waals surface area contributed by atoms with Crippen LogP contribution in [0.4, 0.5) is 5.69 Å². The molecule has 0 aliphatic carbocycles. The van der Waals surface area contributed by atoms with Gasteiger partial charge >= 0.3 is 0 Å². The second-order valence-electron chi connectivity index (χ2n) is 4.93. The number of hydrogen-bond acceptors (Lipinski definition) is 4. The minimum Gasteiger partial charge on any atom is -0.375 e. The summed E-state index contributed by atoms with van der Waals surface area (Å²) in [5.74, 6) is 0. The highest BCUT2D eigenvalue weighted by Crippen LogP contribution is 2.10. The van der Waals surface area contributed by atoms with Crippen molar-refractivity contribution in [2.45, 2.75) is 12.8 Å². The summed E-state index contributed by atoms with van der Waals surface area (Å²) >= 11 is 0. The fourth-order valence-electron chi connectivity index (χ4n) is 2.35. The van der Waals surface area contributed by atoms with E-state index in [9.17, 15) is 0 Å². The number of hydrogen-bond donors (Lipinski definition) is 1. The molecule has 0 bridgehead atoms. The average molecular weight is 248 g/mol. The molecule has 2 rings (SSSR count). The first-order chi connectivity index (χ1) is 8.86. The lowest BCUT2D eigenvalue weighted by Crippen LogP contribution is -2.43. The predicted molar refractivity (Wildman–Crippen MR) is 76.1 cm³/mol. The molecule has 0 amide bonds. The molecule has 0 unspecified atom stereocenters. The van der Waals surface area contributed by atoms with Gasteiger partial charge in [-0.1, -0.05) is 0 Å². The van der Waals surface area contributed by atoms with Crippen LogP contribution in [-0.2, 0) is 0 Å². The van der Waals surface area contributed by atoms with Gasteiger partial charge in [0.05, 0.1) is 0 Å². The van der Waals surface area contributed by atoms with Crippen LogP contribution in [-0.4, -0.2) is 56.2 Å². The Morgan fingerprint density at radius 3 is 2.67 bits per heavy atom. The Hall–Kier alpha value is -1.13. The largest absolute Gasteiger partial charge is 0.375 e. The molecule has 1 aromatic heterocycles. The SMILES string of the molecule is CN(CCCCN1CCNCC1)c1ccncc1. The molecule has 0 radical (unpaired) electrons. The first kappa shape index (κ1) is 13.3. The lowest BCUT2D eigenvalue weighted by molar-refractivity contribution is 0.237. The van der Waals surface area contributed by atoms with Gasteiger partial charge in [0.1, 0.15) is 0 Å². The molecule has 0 spiro atoms. The highest BCUT2D eigenvalue weighted by molar-refractivity contribution is 5.43. The molecule has 0 saturated carbocycles. The van der Waals surface area contributed by atoms with Crippen molar-refractivity contribution in [2.75, 3.05) is 51.2 Å². The molecular weight excluding hydrogens is 224 g/mol. The maximum Gasteiger partial charge on any atom is 0.0394 e. The molecule has 1 aromatic rings. The van der Waals surface area contributed by atoms with E-state index in [1.807, 2.05) is 12.4 Å². The lowest BCUT2D eigenvalue weighted by Gasteiger charge is -2.27. The van der Waals surface area contributed by atoms with Crippen molar-refractivity contribution in [3.05, 3.63) is 24.5 Å². The van der Waals surface area contributed by atoms with Gasteiger partial charge in [-0.05, 0) is 31.5 Å². The van der Waals surface area contributed by atoms with E-state index in [-0.39, 0.29) is 0 Å². The molecule has 4 heteroatoms. The number of rotatable bonds is 6. The Morgan fingerprint density at radius 1 is 1.22 bits per heavy atom. The Labute approximate surface area is 110 Å². The van der Waals surface area contributed by atoms with Crippen LogP contribution >= 0.6 is 0 Å². The van der Waals surface area contributed by atoms with Gasteiger partial charge in [0.15, 0.2) is 0 Å². The van der Waals surface area contributed by atoms with Crippen molar-refractivity contribution >= 4 is 5.69 Å². The first-order valence-corrected chi connectivity index (χ1v) is 6.90. The van der Waals surface area contributed by atoms with E-state index in [0.29, 0.717) is 0 Å². The summed E-state index contributed by atoms with van der Waals surface area (Å²) in [7, 11) is 2.15. The van der Waals surface area contributed by atoms with Crippen LogP contribution in [0.2, 0.25) is 0 Å². The van der Waals surface area contributed by atoms with E-state index in [4.69, 9.17) is 0 Å². The zero-order chi connectivity index (χ0) is 12.6. The quantitative estimate of drug-likeness (QED) is 0.767.